The average molecular weight is 485 g/mol. The third kappa shape index (κ3) is 9.10. The molecule has 0 saturated heterocycles. The highest BCUT2D eigenvalue weighted by atomic mass is 35.5. The summed E-state index contributed by atoms with van der Waals surface area (Å²) in [6.45, 7) is 19.3. The van der Waals surface area contributed by atoms with Gasteiger partial charge >= 0.3 is 0 Å². The van der Waals surface area contributed by atoms with E-state index in [4.69, 9.17) is 17.3 Å². The van der Waals surface area contributed by atoms with E-state index in [1.165, 1.54) is 47.1 Å². The molecule has 3 heteroatoms. The molecule has 0 heterocycles. The Morgan fingerprint density at radius 1 is 1.15 bits per heavy atom. The third-order valence-corrected chi connectivity index (χ3v) is 7.02. The van der Waals surface area contributed by atoms with Gasteiger partial charge in [-0.2, -0.15) is 0 Å². The second-order valence-corrected chi connectivity index (χ2v) is 10.8. The molecule has 0 bridgehead atoms. The van der Waals surface area contributed by atoms with Gasteiger partial charge in [-0.1, -0.05) is 88.9 Å². The van der Waals surface area contributed by atoms with Crippen LogP contribution in [0.4, 0.5) is 0 Å². The molecular formula is C31H49ClN2. The SMILES string of the molecule is CCC.CCCCc1c(C)cc(C(C)(C)C2=CCC(CC/C(C)=C(\C)N=C(C)N)C=C2)cc1Cl. The number of allylic oxidation sites excluding steroid dienone is 6. The number of hydrogen-bond donors (Lipinski definition) is 1. The minimum atomic E-state index is -0.0566. The van der Waals surface area contributed by atoms with E-state index in [0.29, 0.717) is 11.8 Å². The van der Waals surface area contributed by atoms with Gasteiger partial charge in [-0.15, -0.1) is 0 Å². The monoisotopic (exact) mass is 484 g/mol. The van der Waals surface area contributed by atoms with Crippen LogP contribution in [0.15, 0.2) is 52.2 Å². The normalized spacial score (nSPS) is 17.1. The van der Waals surface area contributed by atoms with Crippen molar-refractivity contribution in [3.8, 4) is 0 Å². The summed E-state index contributed by atoms with van der Waals surface area (Å²) in [6.07, 6.45) is 15.1. The number of amidine groups is 1. The molecule has 2 nitrogen and oxygen atoms in total. The van der Waals surface area contributed by atoms with Gasteiger partial charge in [-0.05, 0) is 94.0 Å². The Bertz CT molecular complexity index is 888. The highest BCUT2D eigenvalue weighted by Crippen LogP contribution is 2.38. The maximum Gasteiger partial charge on any atom is 0.0960 e. The fourth-order valence-electron chi connectivity index (χ4n) is 4.26. The molecule has 2 rings (SSSR count). The van der Waals surface area contributed by atoms with Crippen LogP contribution in [-0.2, 0) is 11.8 Å². The van der Waals surface area contributed by atoms with Gasteiger partial charge in [-0.25, -0.2) is 4.99 Å². The smallest absolute Gasteiger partial charge is 0.0960 e. The van der Waals surface area contributed by atoms with Crippen LogP contribution in [-0.4, -0.2) is 5.84 Å². The highest BCUT2D eigenvalue weighted by Gasteiger charge is 2.27. The standard InChI is InChI=1S/C28H41ClN2.C3H8/c1-8-9-10-26-20(3)17-25(18-27(26)29)28(6,7)24-15-13-23(14-16-24)12-11-19(2)21(4)31-22(5)30;1-3-2/h13,15-18,23H,8-12,14H2,1-7H3,(H2,30,31);3H2,1-2H3/b21-19+;. The summed E-state index contributed by atoms with van der Waals surface area (Å²) in [5.41, 5.74) is 13.3. The Kier molecular flexibility index (Phi) is 13.0. The van der Waals surface area contributed by atoms with Crippen molar-refractivity contribution in [1.82, 2.24) is 0 Å². The molecule has 0 fully saturated rings. The second-order valence-electron chi connectivity index (χ2n) is 10.4. The molecule has 34 heavy (non-hydrogen) atoms. The van der Waals surface area contributed by atoms with Crippen molar-refractivity contribution < 1.29 is 0 Å². The molecule has 1 aromatic rings. The van der Waals surface area contributed by atoms with Gasteiger partial charge < -0.3 is 5.73 Å². The van der Waals surface area contributed by atoms with Crippen molar-refractivity contribution in [3.05, 3.63) is 68.9 Å². The maximum absolute atomic E-state index is 6.71. The predicted molar refractivity (Wildman–Crippen MR) is 154 cm³/mol. The average Bonchev–Trinajstić information content (AvgIpc) is 2.77. The van der Waals surface area contributed by atoms with Crippen LogP contribution in [0.25, 0.3) is 0 Å². The Balaban J connectivity index is 0.00000182. The van der Waals surface area contributed by atoms with E-state index in [1.807, 2.05) is 13.8 Å². The van der Waals surface area contributed by atoms with Crippen molar-refractivity contribution in [2.24, 2.45) is 16.6 Å². The van der Waals surface area contributed by atoms with Crippen molar-refractivity contribution in [2.75, 3.05) is 0 Å². The molecule has 1 atom stereocenters. The van der Waals surface area contributed by atoms with Crippen molar-refractivity contribution in [2.45, 2.75) is 113 Å². The first-order valence-electron chi connectivity index (χ1n) is 13.1. The lowest BCUT2D eigenvalue weighted by molar-refractivity contribution is 0.565. The third-order valence-electron chi connectivity index (χ3n) is 6.68. The van der Waals surface area contributed by atoms with Gasteiger partial charge in [0.25, 0.3) is 0 Å². The summed E-state index contributed by atoms with van der Waals surface area (Å²) in [5.74, 6) is 1.20. The molecular weight excluding hydrogens is 436 g/mol. The number of halogens is 1. The van der Waals surface area contributed by atoms with Crippen LogP contribution >= 0.6 is 11.6 Å². The highest BCUT2D eigenvalue weighted by molar-refractivity contribution is 6.31. The number of unbranched alkanes of at least 4 members (excludes halogenated alkanes) is 1. The molecule has 1 aliphatic carbocycles. The number of nitrogens with two attached hydrogens (primary N) is 1. The van der Waals surface area contributed by atoms with Crippen LogP contribution in [0.5, 0.6) is 0 Å². The Hall–Kier alpha value is -1.80. The number of aryl methyl sites for hydroxylation is 1. The number of aliphatic imine (C=N–C) groups is 1. The largest absolute Gasteiger partial charge is 0.387 e. The summed E-state index contributed by atoms with van der Waals surface area (Å²) in [4.78, 5) is 4.39. The molecule has 1 unspecified atom stereocenters. The molecule has 0 spiro atoms. The molecule has 0 radical (unpaired) electrons. The molecule has 1 aromatic carbocycles. The lowest BCUT2D eigenvalue weighted by Crippen LogP contribution is -2.21. The van der Waals surface area contributed by atoms with E-state index in [1.54, 1.807) is 0 Å². The predicted octanol–water partition coefficient (Wildman–Crippen LogP) is 9.64. The van der Waals surface area contributed by atoms with E-state index < -0.39 is 0 Å². The van der Waals surface area contributed by atoms with Gasteiger partial charge in [0.15, 0.2) is 0 Å². The first-order chi connectivity index (χ1) is 16.0. The summed E-state index contributed by atoms with van der Waals surface area (Å²) in [6, 6.07) is 4.53. The van der Waals surface area contributed by atoms with E-state index in [9.17, 15) is 0 Å². The first kappa shape index (κ1) is 30.2. The van der Waals surface area contributed by atoms with E-state index in [2.05, 4.69) is 83.8 Å². The Morgan fingerprint density at radius 2 is 1.79 bits per heavy atom. The van der Waals surface area contributed by atoms with Crippen LogP contribution in [0.1, 0.15) is 111 Å². The van der Waals surface area contributed by atoms with Crippen molar-refractivity contribution in [3.63, 3.8) is 0 Å². The lowest BCUT2D eigenvalue weighted by Gasteiger charge is -2.31. The molecule has 190 valence electrons. The minimum absolute atomic E-state index is 0.0566. The zero-order chi connectivity index (χ0) is 25.9. The van der Waals surface area contributed by atoms with Crippen LogP contribution in [0.3, 0.4) is 0 Å². The minimum Gasteiger partial charge on any atom is -0.387 e. The van der Waals surface area contributed by atoms with Gasteiger partial charge in [0, 0.05) is 16.1 Å². The summed E-state index contributed by atoms with van der Waals surface area (Å²) in [7, 11) is 0. The summed E-state index contributed by atoms with van der Waals surface area (Å²) < 4.78 is 0. The summed E-state index contributed by atoms with van der Waals surface area (Å²) >= 11 is 6.71. The van der Waals surface area contributed by atoms with E-state index in [-0.39, 0.29) is 5.41 Å². The quantitative estimate of drug-likeness (QED) is 0.275. The Labute approximate surface area is 215 Å². The van der Waals surface area contributed by atoms with Crippen molar-refractivity contribution in [1.29, 1.82) is 0 Å². The first-order valence-corrected chi connectivity index (χ1v) is 13.5. The molecule has 0 aliphatic heterocycles. The Morgan fingerprint density at radius 3 is 2.29 bits per heavy atom. The maximum atomic E-state index is 6.71. The zero-order valence-corrected chi connectivity index (χ0v) is 24.1. The molecule has 2 N–H and O–H groups in total. The number of rotatable bonds is 9. The van der Waals surface area contributed by atoms with Crippen LogP contribution < -0.4 is 5.73 Å². The van der Waals surface area contributed by atoms with Gasteiger partial charge in [0.05, 0.1) is 5.84 Å². The topological polar surface area (TPSA) is 38.4 Å². The molecule has 0 aromatic heterocycles. The lowest BCUT2D eigenvalue weighted by atomic mass is 9.74. The van der Waals surface area contributed by atoms with E-state index >= 15 is 0 Å². The van der Waals surface area contributed by atoms with Gasteiger partial charge in [0.2, 0.25) is 0 Å². The summed E-state index contributed by atoms with van der Waals surface area (Å²) in [5, 5.41) is 0.919. The molecule has 0 amide bonds. The number of hydrogen-bond acceptors (Lipinski definition) is 1. The van der Waals surface area contributed by atoms with E-state index in [0.717, 1.165) is 36.4 Å². The zero-order valence-electron chi connectivity index (χ0n) is 23.3. The van der Waals surface area contributed by atoms with Gasteiger partial charge in [-0.3, -0.25) is 0 Å². The number of benzene rings is 1. The van der Waals surface area contributed by atoms with Crippen LogP contribution in [0.2, 0.25) is 5.02 Å². The van der Waals surface area contributed by atoms with Crippen LogP contribution in [0, 0.1) is 12.8 Å². The van der Waals surface area contributed by atoms with Crippen molar-refractivity contribution >= 4 is 17.4 Å². The number of nitrogens with zero attached hydrogens (tertiary/aromatic N) is 1. The molecule has 0 saturated carbocycles. The molecule has 1 aliphatic rings. The fourth-order valence-corrected chi connectivity index (χ4v) is 4.62. The fraction of sp³-hybridized carbons (Fsp3) is 0.581. The van der Waals surface area contributed by atoms with Gasteiger partial charge in [0.1, 0.15) is 0 Å². The second kappa shape index (κ2) is 14.6.